The summed E-state index contributed by atoms with van der Waals surface area (Å²) in [5.74, 6) is 0. The number of amides is 1. The van der Waals surface area contributed by atoms with E-state index in [0.29, 0.717) is 12.8 Å². The minimum absolute atomic E-state index is 0.0341. The molecule has 1 rings (SSSR count). The van der Waals surface area contributed by atoms with Gasteiger partial charge in [-0.2, -0.15) is 0 Å². The predicted octanol–water partition coefficient (Wildman–Crippen LogP) is 0.336. The van der Waals surface area contributed by atoms with Gasteiger partial charge in [0, 0.05) is 0 Å². The first-order chi connectivity index (χ1) is 6.36. The highest BCUT2D eigenvalue weighted by molar-refractivity contribution is 5.46. The second-order valence-electron chi connectivity index (χ2n) is 2.85. The van der Waals surface area contributed by atoms with E-state index in [1.165, 1.54) is 0 Å². The lowest BCUT2D eigenvalue weighted by Gasteiger charge is -2.12. The van der Waals surface area contributed by atoms with E-state index in [1.54, 1.807) is 0 Å². The molecule has 3 heteroatoms. The Balaban J connectivity index is 2.51. The van der Waals surface area contributed by atoms with Crippen molar-refractivity contribution in [2.24, 2.45) is 0 Å². The first kappa shape index (κ1) is 9.74. The number of carbonyl (C=O) groups excluding carboxylic acids is 1. The summed E-state index contributed by atoms with van der Waals surface area (Å²) in [4.78, 5) is 10.1. The first-order valence-electron chi connectivity index (χ1n) is 4.21. The van der Waals surface area contributed by atoms with Gasteiger partial charge in [0.05, 0.1) is 12.6 Å². The molecule has 0 unspecified atom stereocenters. The van der Waals surface area contributed by atoms with Gasteiger partial charge in [0.25, 0.3) is 0 Å². The van der Waals surface area contributed by atoms with E-state index < -0.39 is 0 Å². The standard InChI is InChI=1S/C10H13NO2/c12-7-10(11-8-13)6-9-4-2-1-3-5-9/h1-5,8,10,12H,6-7H2,(H,11,13)/t10-/m1/s1. The van der Waals surface area contributed by atoms with Crippen LogP contribution in [-0.2, 0) is 11.2 Å². The lowest BCUT2D eigenvalue weighted by Crippen LogP contribution is -2.33. The molecule has 2 N–H and O–H groups in total. The number of rotatable bonds is 5. The van der Waals surface area contributed by atoms with E-state index >= 15 is 0 Å². The van der Waals surface area contributed by atoms with Crippen LogP contribution in [0.1, 0.15) is 5.56 Å². The maximum atomic E-state index is 10.1. The van der Waals surface area contributed by atoms with Crippen LogP contribution in [0.2, 0.25) is 0 Å². The highest BCUT2D eigenvalue weighted by Crippen LogP contribution is 2.02. The Morgan fingerprint density at radius 2 is 2.08 bits per heavy atom. The maximum Gasteiger partial charge on any atom is 0.207 e. The van der Waals surface area contributed by atoms with E-state index in [9.17, 15) is 4.79 Å². The molecule has 1 atom stereocenters. The van der Waals surface area contributed by atoms with Crippen LogP contribution in [-0.4, -0.2) is 24.2 Å². The quantitative estimate of drug-likeness (QED) is 0.640. The van der Waals surface area contributed by atoms with Gasteiger partial charge < -0.3 is 10.4 Å². The Bertz CT molecular complexity index is 248. The lowest BCUT2D eigenvalue weighted by molar-refractivity contribution is -0.110. The fourth-order valence-electron chi connectivity index (χ4n) is 1.17. The minimum Gasteiger partial charge on any atom is -0.394 e. The van der Waals surface area contributed by atoms with Gasteiger partial charge >= 0.3 is 0 Å². The third kappa shape index (κ3) is 3.25. The van der Waals surface area contributed by atoms with Crippen molar-refractivity contribution in [3.05, 3.63) is 35.9 Å². The van der Waals surface area contributed by atoms with E-state index in [0.717, 1.165) is 5.56 Å². The zero-order chi connectivity index (χ0) is 9.52. The largest absolute Gasteiger partial charge is 0.394 e. The van der Waals surface area contributed by atoms with Gasteiger partial charge in [0.1, 0.15) is 0 Å². The molecule has 1 amide bonds. The average Bonchev–Trinajstić information content (AvgIpc) is 2.19. The molecule has 0 bridgehead atoms. The van der Waals surface area contributed by atoms with Gasteiger partial charge in [-0.3, -0.25) is 4.79 Å². The number of hydrogen-bond acceptors (Lipinski definition) is 2. The van der Waals surface area contributed by atoms with Crippen LogP contribution >= 0.6 is 0 Å². The molecule has 0 saturated heterocycles. The molecule has 1 aromatic rings. The summed E-state index contributed by atoms with van der Waals surface area (Å²) in [6.45, 7) is -0.0341. The molecule has 0 aliphatic carbocycles. The zero-order valence-electron chi connectivity index (χ0n) is 7.31. The highest BCUT2D eigenvalue weighted by atomic mass is 16.3. The third-order valence-corrected chi connectivity index (χ3v) is 1.85. The van der Waals surface area contributed by atoms with E-state index in [2.05, 4.69) is 5.32 Å². The van der Waals surface area contributed by atoms with Crippen molar-refractivity contribution in [3.8, 4) is 0 Å². The third-order valence-electron chi connectivity index (χ3n) is 1.85. The van der Waals surface area contributed by atoms with Crippen LogP contribution in [0.4, 0.5) is 0 Å². The van der Waals surface area contributed by atoms with Crippen molar-refractivity contribution in [2.45, 2.75) is 12.5 Å². The molecule has 70 valence electrons. The van der Waals surface area contributed by atoms with Crippen molar-refractivity contribution in [3.63, 3.8) is 0 Å². The predicted molar refractivity (Wildman–Crippen MR) is 50.2 cm³/mol. The SMILES string of the molecule is O=CN[C@@H](CO)Cc1ccccc1. The normalized spacial score (nSPS) is 12.1. The molecule has 0 heterocycles. The number of aliphatic hydroxyl groups excluding tert-OH is 1. The highest BCUT2D eigenvalue weighted by Gasteiger charge is 2.05. The summed E-state index contributed by atoms with van der Waals surface area (Å²) < 4.78 is 0. The summed E-state index contributed by atoms with van der Waals surface area (Å²) in [5.41, 5.74) is 1.11. The van der Waals surface area contributed by atoms with Gasteiger partial charge in [-0.05, 0) is 12.0 Å². The van der Waals surface area contributed by atoms with Crippen LogP contribution in [0.15, 0.2) is 30.3 Å². The summed E-state index contributed by atoms with van der Waals surface area (Å²) in [6, 6.07) is 9.56. The number of hydrogen-bond donors (Lipinski definition) is 2. The van der Waals surface area contributed by atoms with E-state index in [1.807, 2.05) is 30.3 Å². The molecular formula is C10H13NO2. The first-order valence-corrected chi connectivity index (χ1v) is 4.21. The van der Waals surface area contributed by atoms with Crippen molar-refractivity contribution in [1.82, 2.24) is 5.32 Å². The van der Waals surface area contributed by atoms with Gasteiger partial charge in [-0.15, -0.1) is 0 Å². The Morgan fingerprint density at radius 3 is 2.62 bits per heavy atom. The summed E-state index contributed by atoms with van der Waals surface area (Å²) in [6.07, 6.45) is 1.28. The fraction of sp³-hybridized carbons (Fsp3) is 0.300. The smallest absolute Gasteiger partial charge is 0.207 e. The van der Waals surface area contributed by atoms with E-state index in [-0.39, 0.29) is 12.6 Å². The molecule has 0 radical (unpaired) electrons. The van der Waals surface area contributed by atoms with Crippen LogP contribution in [0.3, 0.4) is 0 Å². The lowest BCUT2D eigenvalue weighted by atomic mass is 10.1. The molecular weight excluding hydrogens is 166 g/mol. The second kappa shape index (κ2) is 5.32. The number of aliphatic hydroxyl groups is 1. The van der Waals surface area contributed by atoms with Gasteiger partial charge in [-0.1, -0.05) is 30.3 Å². The monoisotopic (exact) mass is 179 g/mol. The average molecular weight is 179 g/mol. The van der Waals surface area contributed by atoms with Crippen LogP contribution in [0.5, 0.6) is 0 Å². The molecule has 0 aliphatic rings. The van der Waals surface area contributed by atoms with Gasteiger partial charge in [0.15, 0.2) is 0 Å². The Hall–Kier alpha value is -1.35. The van der Waals surface area contributed by atoms with Crippen LogP contribution in [0.25, 0.3) is 0 Å². The molecule has 0 fully saturated rings. The molecule has 1 aromatic carbocycles. The van der Waals surface area contributed by atoms with E-state index in [4.69, 9.17) is 5.11 Å². The summed E-state index contributed by atoms with van der Waals surface area (Å²) in [5, 5.41) is 11.4. The topological polar surface area (TPSA) is 49.3 Å². The Kier molecular flexibility index (Phi) is 3.99. The zero-order valence-corrected chi connectivity index (χ0v) is 7.31. The molecule has 0 spiro atoms. The van der Waals surface area contributed by atoms with Crippen LogP contribution < -0.4 is 5.32 Å². The summed E-state index contributed by atoms with van der Waals surface area (Å²) in [7, 11) is 0. The second-order valence-corrected chi connectivity index (χ2v) is 2.85. The van der Waals surface area contributed by atoms with Gasteiger partial charge in [0.2, 0.25) is 6.41 Å². The molecule has 3 nitrogen and oxygen atoms in total. The number of nitrogens with one attached hydrogen (secondary N) is 1. The molecule has 13 heavy (non-hydrogen) atoms. The van der Waals surface area contributed by atoms with Gasteiger partial charge in [-0.25, -0.2) is 0 Å². The Labute approximate surface area is 77.4 Å². The number of benzene rings is 1. The van der Waals surface area contributed by atoms with Crippen molar-refractivity contribution in [2.75, 3.05) is 6.61 Å². The molecule has 0 aromatic heterocycles. The number of carbonyl (C=O) groups is 1. The van der Waals surface area contributed by atoms with Crippen LogP contribution in [0, 0.1) is 0 Å². The van der Waals surface area contributed by atoms with Crippen molar-refractivity contribution >= 4 is 6.41 Å². The Morgan fingerprint density at radius 1 is 1.38 bits per heavy atom. The summed E-state index contributed by atoms with van der Waals surface area (Å²) >= 11 is 0. The fourth-order valence-corrected chi connectivity index (χ4v) is 1.17. The maximum absolute atomic E-state index is 10.1. The molecule has 0 saturated carbocycles. The van der Waals surface area contributed by atoms with Crippen molar-refractivity contribution in [1.29, 1.82) is 0 Å². The van der Waals surface area contributed by atoms with Crippen molar-refractivity contribution < 1.29 is 9.90 Å². The minimum atomic E-state index is -0.181. The molecule has 0 aliphatic heterocycles.